The lowest BCUT2D eigenvalue weighted by Crippen LogP contribution is -2.20. The van der Waals surface area contributed by atoms with Crippen LogP contribution in [0.2, 0.25) is 0 Å². The number of hydrogen-bond donors (Lipinski definition) is 0. The molecule has 0 spiro atoms. The average molecular weight is 324 g/mol. The molecule has 0 heterocycles. The zero-order valence-corrected chi connectivity index (χ0v) is 14.9. The Balaban J connectivity index is 2.02. The van der Waals surface area contributed by atoms with Crippen LogP contribution in [0, 0.1) is 5.92 Å². The van der Waals surface area contributed by atoms with Gasteiger partial charge in [-0.1, -0.05) is 87.9 Å². The second-order valence-corrected chi connectivity index (χ2v) is 6.65. The summed E-state index contributed by atoms with van der Waals surface area (Å²) in [4.78, 5) is 12.7. The summed E-state index contributed by atoms with van der Waals surface area (Å²) in [5, 5.41) is 0. The second kappa shape index (κ2) is 9.27. The first-order chi connectivity index (χ1) is 11.6. The Morgan fingerprint density at radius 2 is 1.46 bits per heavy atom. The third-order valence-corrected chi connectivity index (χ3v) is 4.67. The summed E-state index contributed by atoms with van der Waals surface area (Å²) in [5.41, 5.74) is 2.25. The topological polar surface area (TPSA) is 26.3 Å². The minimum absolute atomic E-state index is 0.107. The summed E-state index contributed by atoms with van der Waals surface area (Å²) in [5.74, 6) is 0.415. The lowest BCUT2D eigenvalue weighted by atomic mass is 9.88. The molecule has 0 aliphatic rings. The number of esters is 1. The molecule has 2 aromatic rings. The number of benzene rings is 2. The van der Waals surface area contributed by atoms with Crippen molar-refractivity contribution in [1.82, 2.24) is 0 Å². The fraction of sp³-hybridized carbons (Fsp3) is 0.409. The van der Waals surface area contributed by atoms with E-state index in [2.05, 4.69) is 32.9 Å². The maximum atomic E-state index is 12.7. The van der Waals surface area contributed by atoms with E-state index < -0.39 is 0 Å². The smallest absolute Gasteiger partial charge is 0.313 e. The summed E-state index contributed by atoms with van der Waals surface area (Å²) in [6.07, 6.45) is 1.90. The highest BCUT2D eigenvalue weighted by Crippen LogP contribution is 2.27. The van der Waals surface area contributed by atoms with Crippen LogP contribution in [-0.2, 0) is 9.53 Å². The molecule has 0 aliphatic heterocycles. The predicted octanol–water partition coefficient (Wildman–Crippen LogP) is 5.55. The van der Waals surface area contributed by atoms with E-state index in [0.717, 1.165) is 18.4 Å². The monoisotopic (exact) mass is 324 g/mol. The molecule has 2 aromatic carbocycles. The van der Waals surface area contributed by atoms with Gasteiger partial charge in [0.1, 0.15) is 0 Å². The van der Waals surface area contributed by atoms with Gasteiger partial charge in [0.15, 0.2) is 0 Å². The van der Waals surface area contributed by atoms with Crippen molar-refractivity contribution >= 4 is 5.97 Å². The van der Waals surface area contributed by atoms with Crippen molar-refractivity contribution < 1.29 is 9.53 Å². The molecule has 0 N–H and O–H groups in total. The molecule has 2 nitrogen and oxygen atoms in total. The van der Waals surface area contributed by atoms with Gasteiger partial charge < -0.3 is 4.74 Å². The molecule has 2 heteroatoms. The molecule has 3 atom stereocenters. The molecular formula is C22H28O2. The number of rotatable bonds is 8. The SMILES string of the molecule is CCC(C)CC(C(=O)OCC(C)c1ccccc1)c1ccccc1. The predicted molar refractivity (Wildman–Crippen MR) is 99.1 cm³/mol. The Morgan fingerprint density at radius 3 is 2.00 bits per heavy atom. The van der Waals surface area contributed by atoms with E-state index in [1.54, 1.807) is 0 Å². The van der Waals surface area contributed by atoms with Gasteiger partial charge in [-0.2, -0.15) is 0 Å². The molecule has 2 rings (SSSR count). The van der Waals surface area contributed by atoms with Gasteiger partial charge >= 0.3 is 5.97 Å². The van der Waals surface area contributed by atoms with Gasteiger partial charge in [0.2, 0.25) is 0 Å². The number of carbonyl (C=O) groups is 1. The van der Waals surface area contributed by atoms with E-state index in [1.807, 2.05) is 48.5 Å². The summed E-state index contributed by atoms with van der Waals surface area (Å²) in [7, 11) is 0. The van der Waals surface area contributed by atoms with Crippen molar-refractivity contribution in [3.8, 4) is 0 Å². The highest BCUT2D eigenvalue weighted by Gasteiger charge is 2.24. The van der Waals surface area contributed by atoms with E-state index in [9.17, 15) is 4.79 Å². The fourth-order valence-electron chi connectivity index (χ4n) is 2.81. The lowest BCUT2D eigenvalue weighted by molar-refractivity contribution is -0.146. The van der Waals surface area contributed by atoms with Gasteiger partial charge in [0.25, 0.3) is 0 Å². The normalized spacial score (nSPS) is 14.6. The molecule has 0 bridgehead atoms. The molecule has 24 heavy (non-hydrogen) atoms. The number of hydrogen-bond acceptors (Lipinski definition) is 2. The summed E-state index contributed by atoms with van der Waals surface area (Å²) in [6.45, 7) is 6.87. The highest BCUT2D eigenvalue weighted by atomic mass is 16.5. The summed E-state index contributed by atoms with van der Waals surface area (Å²) < 4.78 is 5.68. The van der Waals surface area contributed by atoms with E-state index in [0.29, 0.717) is 12.5 Å². The zero-order chi connectivity index (χ0) is 17.4. The molecule has 0 saturated carbocycles. The van der Waals surface area contributed by atoms with Crippen molar-refractivity contribution in [3.05, 3.63) is 71.8 Å². The molecule has 0 aliphatic carbocycles. The first kappa shape index (κ1) is 18.3. The lowest BCUT2D eigenvalue weighted by Gasteiger charge is -2.21. The molecule has 0 radical (unpaired) electrons. The van der Waals surface area contributed by atoms with Crippen LogP contribution >= 0.6 is 0 Å². The van der Waals surface area contributed by atoms with Gasteiger partial charge in [-0.3, -0.25) is 4.79 Å². The van der Waals surface area contributed by atoms with Crippen LogP contribution in [0.5, 0.6) is 0 Å². The van der Waals surface area contributed by atoms with E-state index >= 15 is 0 Å². The standard InChI is InChI=1S/C22H28O2/c1-4-17(2)15-21(20-13-9-6-10-14-20)22(23)24-16-18(3)19-11-7-5-8-12-19/h5-14,17-18,21H,4,15-16H2,1-3H3. The van der Waals surface area contributed by atoms with Gasteiger partial charge in [0.05, 0.1) is 12.5 Å². The molecule has 0 amide bonds. The van der Waals surface area contributed by atoms with Crippen LogP contribution in [0.15, 0.2) is 60.7 Å². The number of carbonyl (C=O) groups excluding carboxylic acids is 1. The summed E-state index contributed by atoms with van der Waals surface area (Å²) in [6, 6.07) is 20.2. The second-order valence-electron chi connectivity index (χ2n) is 6.65. The minimum atomic E-state index is -0.177. The van der Waals surface area contributed by atoms with Gasteiger partial charge in [-0.15, -0.1) is 0 Å². The van der Waals surface area contributed by atoms with Gasteiger partial charge in [0, 0.05) is 5.92 Å². The third-order valence-electron chi connectivity index (χ3n) is 4.67. The average Bonchev–Trinajstić information content (AvgIpc) is 2.65. The van der Waals surface area contributed by atoms with Crippen molar-refractivity contribution in [1.29, 1.82) is 0 Å². The minimum Gasteiger partial charge on any atom is -0.465 e. The van der Waals surface area contributed by atoms with Crippen LogP contribution < -0.4 is 0 Å². The quantitative estimate of drug-likeness (QED) is 0.595. The van der Waals surface area contributed by atoms with Crippen LogP contribution in [0.25, 0.3) is 0 Å². The van der Waals surface area contributed by atoms with Gasteiger partial charge in [-0.25, -0.2) is 0 Å². The van der Waals surface area contributed by atoms with E-state index in [4.69, 9.17) is 4.74 Å². The number of ether oxygens (including phenoxy) is 1. The van der Waals surface area contributed by atoms with Crippen LogP contribution in [0.4, 0.5) is 0 Å². The highest BCUT2D eigenvalue weighted by molar-refractivity contribution is 5.78. The van der Waals surface area contributed by atoms with E-state index in [1.165, 1.54) is 5.56 Å². The molecule has 128 valence electrons. The molecule has 0 aromatic heterocycles. The van der Waals surface area contributed by atoms with Crippen molar-refractivity contribution in [3.63, 3.8) is 0 Å². The Kier molecular flexibility index (Phi) is 7.05. The maximum absolute atomic E-state index is 12.7. The van der Waals surface area contributed by atoms with Crippen LogP contribution in [0.1, 0.15) is 56.6 Å². The van der Waals surface area contributed by atoms with Crippen LogP contribution in [-0.4, -0.2) is 12.6 Å². The fourth-order valence-corrected chi connectivity index (χ4v) is 2.81. The molecule has 3 unspecified atom stereocenters. The Hall–Kier alpha value is -2.09. The summed E-state index contributed by atoms with van der Waals surface area (Å²) >= 11 is 0. The third kappa shape index (κ3) is 5.23. The maximum Gasteiger partial charge on any atom is 0.313 e. The first-order valence-corrected chi connectivity index (χ1v) is 8.88. The Bertz CT molecular complexity index is 606. The van der Waals surface area contributed by atoms with E-state index in [-0.39, 0.29) is 17.8 Å². The van der Waals surface area contributed by atoms with Crippen LogP contribution in [0.3, 0.4) is 0 Å². The van der Waals surface area contributed by atoms with Crippen molar-refractivity contribution in [2.24, 2.45) is 5.92 Å². The first-order valence-electron chi connectivity index (χ1n) is 8.88. The van der Waals surface area contributed by atoms with Crippen molar-refractivity contribution in [2.75, 3.05) is 6.61 Å². The molecule has 0 fully saturated rings. The molecule has 0 saturated heterocycles. The zero-order valence-electron chi connectivity index (χ0n) is 14.9. The largest absolute Gasteiger partial charge is 0.465 e. The Morgan fingerprint density at radius 1 is 0.917 bits per heavy atom. The van der Waals surface area contributed by atoms with Gasteiger partial charge in [-0.05, 0) is 23.5 Å². The Labute approximate surface area is 145 Å². The van der Waals surface area contributed by atoms with Crippen molar-refractivity contribution in [2.45, 2.75) is 45.4 Å². The molecular weight excluding hydrogens is 296 g/mol.